The molecule has 0 atom stereocenters. The molecule has 0 heterocycles. The van der Waals surface area contributed by atoms with Gasteiger partial charge in [0.15, 0.2) is 0 Å². The van der Waals surface area contributed by atoms with Gasteiger partial charge in [0.25, 0.3) is 0 Å². The summed E-state index contributed by atoms with van der Waals surface area (Å²) in [5.41, 5.74) is 1.91. The van der Waals surface area contributed by atoms with Gasteiger partial charge in [-0.25, -0.2) is 18.4 Å². The number of nitrogens with one attached hydrogen (secondary N) is 2. The second-order valence-corrected chi connectivity index (χ2v) is 7.29. The van der Waals surface area contributed by atoms with Crippen LogP contribution in [0.1, 0.15) is 15.9 Å². The normalized spacial score (nSPS) is 11.0. The van der Waals surface area contributed by atoms with E-state index in [1.54, 1.807) is 36.4 Å². The van der Waals surface area contributed by atoms with Gasteiger partial charge in [-0.3, -0.25) is 4.79 Å². The highest BCUT2D eigenvalue weighted by Gasteiger charge is 2.08. The number of hydrogen-bond donors (Lipinski definition) is 3. The van der Waals surface area contributed by atoms with E-state index in [4.69, 9.17) is 5.14 Å². The Bertz CT molecular complexity index is 894. The topological polar surface area (TPSA) is 128 Å². The van der Waals surface area contributed by atoms with Crippen LogP contribution in [0.2, 0.25) is 0 Å². The fourth-order valence-corrected chi connectivity index (χ4v) is 2.81. The Kier molecular flexibility index (Phi) is 7.05. The van der Waals surface area contributed by atoms with Crippen molar-refractivity contribution in [3.63, 3.8) is 0 Å². The van der Waals surface area contributed by atoms with Crippen molar-refractivity contribution in [1.82, 2.24) is 5.32 Å². The molecule has 0 aromatic heterocycles. The standard InChI is InChI=1S/C18H21N3O5S/c1-26-18(23)14-4-6-15(7-5-14)21-17(22)12-20-11-10-13-2-8-16(9-3-13)27(19,24)25/h2-9,20H,10-12H2,1H3,(H,21,22)(H2,19,24,25). The summed E-state index contributed by atoms with van der Waals surface area (Å²) in [7, 11) is -2.39. The van der Waals surface area contributed by atoms with Gasteiger partial charge in [0, 0.05) is 5.69 Å². The highest BCUT2D eigenvalue weighted by atomic mass is 32.2. The van der Waals surface area contributed by atoms with Crippen LogP contribution < -0.4 is 15.8 Å². The Morgan fingerprint density at radius 3 is 2.22 bits per heavy atom. The van der Waals surface area contributed by atoms with Gasteiger partial charge in [-0.05, 0) is 54.9 Å². The van der Waals surface area contributed by atoms with Crippen molar-refractivity contribution in [2.75, 3.05) is 25.5 Å². The number of hydrogen-bond acceptors (Lipinski definition) is 6. The lowest BCUT2D eigenvalue weighted by Crippen LogP contribution is -2.29. The van der Waals surface area contributed by atoms with Gasteiger partial charge in [-0.1, -0.05) is 12.1 Å². The van der Waals surface area contributed by atoms with Crippen molar-refractivity contribution in [3.05, 3.63) is 59.7 Å². The molecule has 1 amide bonds. The molecule has 144 valence electrons. The van der Waals surface area contributed by atoms with Crippen molar-refractivity contribution in [2.45, 2.75) is 11.3 Å². The molecule has 2 rings (SSSR count). The number of anilines is 1. The molecule has 27 heavy (non-hydrogen) atoms. The summed E-state index contributed by atoms with van der Waals surface area (Å²) in [6.45, 7) is 0.664. The Morgan fingerprint density at radius 1 is 1.04 bits per heavy atom. The zero-order valence-electron chi connectivity index (χ0n) is 14.8. The first-order valence-corrected chi connectivity index (χ1v) is 9.65. The number of rotatable bonds is 8. The summed E-state index contributed by atoms with van der Waals surface area (Å²) in [4.78, 5) is 23.3. The lowest BCUT2D eigenvalue weighted by atomic mass is 10.1. The second-order valence-electron chi connectivity index (χ2n) is 5.73. The molecule has 0 bridgehead atoms. The SMILES string of the molecule is COC(=O)c1ccc(NC(=O)CNCCc2ccc(S(N)(=O)=O)cc2)cc1. The van der Waals surface area contributed by atoms with E-state index in [0.29, 0.717) is 24.2 Å². The van der Waals surface area contributed by atoms with Crippen molar-refractivity contribution >= 4 is 27.6 Å². The molecule has 0 aliphatic carbocycles. The first-order valence-electron chi connectivity index (χ1n) is 8.10. The number of carbonyl (C=O) groups excluding carboxylic acids is 2. The number of benzene rings is 2. The van der Waals surface area contributed by atoms with Crippen LogP contribution in [0.15, 0.2) is 53.4 Å². The minimum Gasteiger partial charge on any atom is -0.465 e. The molecule has 0 radical (unpaired) electrons. The minimum atomic E-state index is -3.69. The molecule has 9 heteroatoms. The lowest BCUT2D eigenvalue weighted by molar-refractivity contribution is -0.115. The third-order valence-corrected chi connectivity index (χ3v) is 4.65. The molecular formula is C18H21N3O5S. The van der Waals surface area contributed by atoms with Crippen molar-refractivity contribution in [2.24, 2.45) is 5.14 Å². The van der Waals surface area contributed by atoms with E-state index in [2.05, 4.69) is 15.4 Å². The quantitative estimate of drug-likeness (QED) is 0.453. The molecule has 0 fully saturated rings. The molecule has 0 spiro atoms. The summed E-state index contributed by atoms with van der Waals surface area (Å²) in [5, 5.41) is 10.8. The predicted octanol–water partition coefficient (Wildman–Crippen LogP) is 0.891. The average Bonchev–Trinajstić information content (AvgIpc) is 2.65. The predicted molar refractivity (Wildman–Crippen MR) is 101 cm³/mol. The monoisotopic (exact) mass is 391 g/mol. The van der Waals surface area contributed by atoms with E-state index < -0.39 is 16.0 Å². The fraction of sp³-hybridized carbons (Fsp3) is 0.222. The van der Waals surface area contributed by atoms with Crippen LogP contribution in [0.5, 0.6) is 0 Å². The van der Waals surface area contributed by atoms with E-state index in [0.717, 1.165) is 5.56 Å². The molecular weight excluding hydrogens is 370 g/mol. The number of carbonyl (C=O) groups is 2. The largest absolute Gasteiger partial charge is 0.465 e. The maximum absolute atomic E-state index is 11.9. The summed E-state index contributed by atoms with van der Waals surface area (Å²) in [6, 6.07) is 12.7. The van der Waals surface area contributed by atoms with Gasteiger partial charge in [0.05, 0.1) is 24.1 Å². The molecule has 0 saturated carbocycles. The van der Waals surface area contributed by atoms with Crippen LogP contribution >= 0.6 is 0 Å². The molecule has 0 unspecified atom stereocenters. The van der Waals surface area contributed by atoms with Crippen LogP contribution in [0, 0.1) is 0 Å². The van der Waals surface area contributed by atoms with Gasteiger partial charge >= 0.3 is 5.97 Å². The van der Waals surface area contributed by atoms with Gasteiger partial charge in [0.2, 0.25) is 15.9 Å². The molecule has 4 N–H and O–H groups in total. The maximum atomic E-state index is 11.9. The van der Waals surface area contributed by atoms with Gasteiger partial charge in [-0.2, -0.15) is 0 Å². The van der Waals surface area contributed by atoms with Crippen LogP contribution in [-0.2, 0) is 26.0 Å². The first kappa shape index (κ1) is 20.6. The Hall–Kier alpha value is -2.75. The molecule has 8 nitrogen and oxygen atoms in total. The van der Waals surface area contributed by atoms with Crippen LogP contribution in [0.3, 0.4) is 0 Å². The van der Waals surface area contributed by atoms with E-state index in [1.165, 1.54) is 19.2 Å². The Morgan fingerprint density at radius 2 is 1.67 bits per heavy atom. The zero-order chi connectivity index (χ0) is 19.9. The zero-order valence-corrected chi connectivity index (χ0v) is 15.6. The van der Waals surface area contributed by atoms with Crippen LogP contribution in [0.4, 0.5) is 5.69 Å². The van der Waals surface area contributed by atoms with E-state index in [9.17, 15) is 18.0 Å². The van der Waals surface area contributed by atoms with Crippen molar-refractivity contribution in [3.8, 4) is 0 Å². The van der Waals surface area contributed by atoms with E-state index in [1.807, 2.05) is 0 Å². The fourth-order valence-electron chi connectivity index (χ4n) is 2.29. The summed E-state index contributed by atoms with van der Waals surface area (Å²) in [6.07, 6.45) is 0.631. The number of amides is 1. The number of esters is 1. The number of nitrogens with two attached hydrogens (primary N) is 1. The van der Waals surface area contributed by atoms with E-state index >= 15 is 0 Å². The summed E-state index contributed by atoms with van der Waals surface area (Å²) >= 11 is 0. The number of primary sulfonamides is 1. The second kappa shape index (κ2) is 9.26. The van der Waals surface area contributed by atoms with Crippen LogP contribution in [0.25, 0.3) is 0 Å². The first-order chi connectivity index (χ1) is 12.8. The number of sulfonamides is 1. The third-order valence-electron chi connectivity index (χ3n) is 3.72. The molecule has 0 saturated heterocycles. The van der Waals surface area contributed by atoms with Crippen molar-refractivity contribution < 1.29 is 22.7 Å². The van der Waals surface area contributed by atoms with Crippen LogP contribution in [-0.4, -0.2) is 40.5 Å². The number of ether oxygens (including phenoxy) is 1. The number of methoxy groups -OCH3 is 1. The highest BCUT2D eigenvalue weighted by Crippen LogP contribution is 2.10. The lowest BCUT2D eigenvalue weighted by Gasteiger charge is -2.08. The third kappa shape index (κ3) is 6.48. The van der Waals surface area contributed by atoms with Gasteiger partial charge in [0.1, 0.15) is 0 Å². The summed E-state index contributed by atoms with van der Waals surface area (Å²) in [5.74, 6) is -0.656. The molecule has 0 aliphatic rings. The molecule has 0 aliphatic heterocycles. The van der Waals surface area contributed by atoms with Gasteiger partial charge < -0.3 is 15.4 Å². The Labute approximate surface area is 157 Å². The Balaban J connectivity index is 1.74. The molecule has 2 aromatic rings. The highest BCUT2D eigenvalue weighted by molar-refractivity contribution is 7.89. The molecule has 2 aromatic carbocycles. The van der Waals surface area contributed by atoms with E-state index in [-0.39, 0.29) is 17.3 Å². The van der Waals surface area contributed by atoms with Crippen molar-refractivity contribution in [1.29, 1.82) is 0 Å². The minimum absolute atomic E-state index is 0.0665. The maximum Gasteiger partial charge on any atom is 0.337 e. The average molecular weight is 391 g/mol. The summed E-state index contributed by atoms with van der Waals surface area (Å²) < 4.78 is 27.0. The smallest absolute Gasteiger partial charge is 0.337 e. The van der Waals surface area contributed by atoms with Gasteiger partial charge in [-0.15, -0.1) is 0 Å².